The lowest BCUT2D eigenvalue weighted by Crippen LogP contribution is -2.48. The molecule has 1 aromatic heterocycles. The fourth-order valence-corrected chi connectivity index (χ4v) is 3.31. The number of hydrogen-bond acceptors (Lipinski definition) is 3. The van der Waals surface area contributed by atoms with Gasteiger partial charge in [0.15, 0.2) is 11.6 Å². The molecule has 92 valence electrons. The second kappa shape index (κ2) is 4.10. The van der Waals surface area contributed by atoms with Gasteiger partial charge in [-0.1, -0.05) is 11.6 Å². The molecule has 0 radical (unpaired) electrons. The van der Waals surface area contributed by atoms with Crippen molar-refractivity contribution in [1.29, 1.82) is 0 Å². The number of fused-ring (bicyclic) bond motifs is 2. The number of halogens is 2. The van der Waals surface area contributed by atoms with E-state index in [2.05, 4.69) is 9.88 Å². The van der Waals surface area contributed by atoms with Crippen LogP contribution in [0.3, 0.4) is 0 Å². The van der Waals surface area contributed by atoms with Gasteiger partial charge in [-0.2, -0.15) is 0 Å². The molecule has 17 heavy (non-hydrogen) atoms. The lowest BCUT2D eigenvalue weighted by Gasteiger charge is -2.38. The average Bonchev–Trinajstić information content (AvgIpc) is 2.53. The number of nitrogens with two attached hydrogens (primary N) is 1. The standard InChI is InChI=1S/C12H15ClFN3/c13-7-3-11(14)12(16-6-7)17-9-1-2-10(17)5-8(15)4-9/h3,6,8-10H,1-2,4-5,15H2. The van der Waals surface area contributed by atoms with E-state index in [1.807, 2.05) is 0 Å². The van der Waals surface area contributed by atoms with Gasteiger partial charge in [0.25, 0.3) is 0 Å². The van der Waals surface area contributed by atoms with E-state index < -0.39 is 0 Å². The summed E-state index contributed by atoms with van der Waals surface area (Å²) in [6, 6.07) is 2.26. The third-order valence-electron chi connectivity index (χ3n) is 3.80. The van der Waals surface area contributed by atoms with Crippen molar-refractivity contribution in [2.45, 2.75) is 43.8 Å². The smallest absolute Gasteiger partial charge is 0.167 e. The number of rotatable bonds is 1. The number of anilines is 1. The van der Waals surface area contributed by atoms with Crippen LogP contribution < -0.4 is 10.6 Å². The fraction of sp³-hybridized carbons (Fsp3) is 0.583. The van der Waals surface area contributed by atoms with Gasteiger partial charge >= 0.3 is 0 Å². The minimum absolute atomic E-state index is 0.249. The Balaban J connectivity index is 1.94. The minimum Gasteiger partial charge on any atom is -0.348 e. The molecule has 2 bridgehead atoms. The van der Waals surface area contributed by atoms with Gasteiger partial charge in [-0.25, -0.2) is 9.37 Å². The molecule has 3 rings (SSSR count). The molecule has 0 aromatic carbocycles. The van der Waals surface area contributed by atoms with E-state index in [-0.39, 0.29) is 11.9 Å². The fourth-order valence-electron chi connectivity index (χ4n) is 3.16. The van der Waals surface area contributed by atoms with Crippen molar-refractivity contribution in [1.82, 2.24) is 4.98 Å². The maximum Gasteiger partial charge on any atom is 0.167 e. The van der Waals surface area contributed by atoms with Crippen LogP contribution in [0.5, 0.6) is 0 Å². The van der Waals surface area contributed by atoms with Crippen LogP contribution in [0.4, 0.5) is 10.2 Å². The third-order valence-corrected chi connectivity index (χ3v) is 4.01. The Hall–Kier alpha value is -0.870. The zero-order valence-electron chi connectivity index (χ0n) is 9.44. The van der Waals surface area contributed by atoms with Gasteiger partial charge in [0, 0.05) is 24.3 Å². The van der Waals surface area contributed by atoms with E-state index in [1.165, 1.54) is 12.3 Å². The molecule has 2 N–H and O–H groups in total. The highest BCUT2D eigenvalue weighted by atomic mass is 35.5. The van der Waals surface area contributed by atoms with Crippen molar-refractivity contribution < 1.29 is 4.39 Å². The lowest BCUT2D eigenvalue weighted by atomic mass is 9.98. The van der Waals surface area contributed by atoms with Crippen LogP contribution in [0.25, 0.3) is 0 Å². The van der Waals surface area contributed by atoms with Crippen LogP contribution in [-0.4, -0.2) is 23.1 Å². The number of piperidine rings is 1. The number of nitrogens with zero attached hydrogens (tertiary/aromatic N) is 2. The Labute approximate surface area is 105 Å². The monoisotopic (exact) mass is 255 g/mol. The van der Waals surface area contributed by atoms with Gasteiger partial charge in [0.05, 0.1) is 5.02 Å². The predicted octanol–water partition coefficient (Wildman–Crippen LogP) is 2.33. The summed E-state index contributed by atoms with van der Waals surface area (Å²) in [5.41, 5.74) is 6.00. The first-order valence-electron chi connectivity index (χ1n) is 6.00. The summed E-state index contributed by atoms with van der Waals surface area (Å²) in [5.74, 6) is 0.110. The van der Waals surface area contributed by atoms with Crippen LogP contribution in [0.2, 0.25) is 5.02 Å². The Kier molecular flexibility index (Phi) is 2.71. The van der Waals surface area contributed by atoms with Crippen LogP contribution in [-0.2, 0) is 0 Å². The molecular weight excluding hydrogens is 241 g/mol. The Morgan fingerprint density at radius 3 is 2.59 bits per heavy atom. The van der Waals surface area contributed by atoms with E-state index in [0.717, 1.165) is 25.7 Å². The first-order valence-corrected chi connectivity index (χ1v) is 6.38. The molecule has 1 aromatic rings. The van der Waals surface area contributed by atoms with Crippen LogP contribution in [0.15, 0.2) is 12.3 Å². The summed E-state index contributed by atoms with van der Waals surface area (Å²) in [5, 5.41) is 0.340. The van der Waals surface area contributed by atoms with Crippen molar-refractivity contribution in [2.75, 3.05) is 4.90 Å². The van der Waals surface area contributed by atoms with Gasteiger partial charge in [-0.15, -0.1) is 0 Å². The van der Waals surface area contributed by atoms with Gasteiger partial charge in [-0.3, -0.25) is 0 Å². The summed E-state index contributed by atoms with van der Waals surface area (Å²) in [4.78, 5) is 6.25. The van der Waals surface area contributed by atoms with Crippen molar-refractivity contribution in [3.8, 4) is 0 Å². The summed E-state index contributed by atoms with van der Waals surface area (Å²) < 4.78 is 13.9. The topological polar surface area (TPSA) is 42.1 Å². The zero-order valence-corrected chi connectivity index (χ0v) is 10.2. The van der Waals surface area contributed by atoms with Crippen molar-refractivity contribution >= 4 is 17.4 Å². The lowest BCUT2D eigenvalue weighted by molar-refractivity contribution is 0.406. The molecule has 2 unspecified atom stereocenters. The molecule has 0 saturated carbocycles. The minimum atomic E-state index is -0.329. The zero-order chi connectivity index (χ0) is 12.0. The molecule has 2 aliphatic heterocycles. The molecule has 5 heteroatoms. The highest BCUT2D eigenvalue weighted by molar-refractivity contribution is 6.30. The highest BCUT2D eigenvalue weighted by Gasteiger charge is 2.41. The molecule has 0 spiro atoms. The second-order valence-electron chi connectivity index (χ2n) is 4.98. The maximum atomic E-state index is 13.9. The molecule has 2 aliphatic rings. The molecule has 3 nitrogen and oxygen atoms in total. The first-order chi connectivity index (χ1) is 8.15. The summed E-state index contributed by atoms with van der Waals surface area (Å²) in [6.45, 7) is 0. The van der Waals surface area contributed by atoms with Crippen LogP contribution >= 0.6 is 11.6 Å². The molecule has 0 amide bonds. The maximum absolute atomic E-state index is 13.9. The molecule has 0 aliphatic carbocycles. The van der Waals surface area contributed by atoms with Crippen LogP contribution in [0, 0.1) is 5.82 Å². The van der Waals surface area contributed by atoms with E-state index in [4.69, 9.17) is 17.3 Å². The van der Waals surface area contributed by atoms with Gasteiger partial charge in [0.2, 0.25) is 0 Å². The van der Waals surface area contributed by atoms with Crippen LogP contribution in [0.1, 0.15) is 25.7 Å². The predicted molar refractivity (Wildman–Crippen MR) is 65.7 cm³/mol. The van der Waals surface area contributed by atoms with Crippen molar-refractivity contribution in [3.05, 3.63) is 23.1 Å². The van der Waals surface area contributed by atoms with E-state index >= 15 is 0 Å². The Bertz CT molecular complexity index is 426. The highest BCUT2D eigenvalue weighted by Crippen LogP contribution is 2.39. The summed E-state index contributed by atoms with van der Waals surface area (Å²) in [7, 11) is 0. The quantitative estimate of drug-likeness (QED) is 0.838. The average molecular weight is 256 g/mol. The summed E-state index contributed by atoms with van der Waals surface area (Å²) >= 11 is 5.73. The number of pyridine rings is 1. The number of aromatic nitrogens is 1. The summed E-state index contributed by atoms with van der Waals surface area (Å²) in [6.07, 6.45) is 5.54. The van der Waals surface area contributed by atoms with E-state index in [1.54, 1.807) is 0 Å². The third kappa shape index (κ3) is 1.89. The second-order valence-corrected chi connectivity index (χ2v) is 5.42. The Morgan fingerprint density at radius 1 is 1.35 bits per heavy atom. The van der Waals surface area contributed by atoms with Gasteiger partial charge < -0.3 is 10.6 Å². The van der Waals surface area contributed by atoms with E-state index in [9.17, 15) is 4.39 Å². The van der Waals surface area contributed by atoms with Gasteiger partial charge in [0.1, 0.15) is 0 Å². The van der Waals surface area contributed by atoms with Gasteiger partial charge in [-0.05, 0) is 31.7 Å². The molecular formula is C12H15ClFN3. The molecule has 2 saturated heterocycles. The van der Waals surface area contributed by atoms with E-state index in [0.29, 0.717) is 22.9 Å². The molecule has 2 fully saturated rings. The molecule has 3 heterocycles. The van der Waals surface area contributed by atoms with Crippen molar-refractivity contribution in [3.63, 3.8) is 0 Å². The SMILES string of the molecule is NC1CC2CCC(C1)N2c1ncc(Cl)cc1F. The Morgan fingerprint density at radius 2 is 2.00 bits per heavy atom. The van der Waals surface area contributed by atoms with Crippen molar-refractivity contribution in [2.24, 2.45) is 5.73 Å². The largest absolute Gasteiger partial charge is 0.348 e. The molecule has 2 atom stereocenters. The normalized spacial score (nSPS) is 31.9. The number of hydrogen-bond donors (Lipinski definition) is 1. The first kappa shape index (κ1) is 11.2.